The predicted molar refractivity (Wildman–Crippen MR) is 259 cm³/mol. The highest BCUT2D eigenvalue weighted by Crippen LogP contribution is 2.32. The number of rotatable bonds is 14. The van der Waals surface area contributed by atoms with Crippen LogP contribution in [0.3, 0.4) is 0 Å². The number of hydrogen-bond acceptors (Lipinski definition) is 14. The molecule has 0 fully saturated rings. The summed E-state index contributed by atoms with van der Waals surface area (Å²) < 4.78 is 111. The van der Waals surface area contributed by atoms with Gasteiger partial charge in [-0.05, 0) is 42.3 Å². The van der Waals surface area contributed by atoms with Crippen LogP contribution in [0.1, 0.15) is 29.6 Å². The van der Waals surface area contributed by atoms with Crippen molar-refractivity contribution in [2.45, 2.75) is 51.7 Å². The highest BCUT2D eigenvalue weighted by atomic mass is 35.5. The topological polar surface area (TPSA) is 223 Å². The minimum atomic E-state index is -4.88. The second-order valence-corrected chi connectivity index (χ2v) is 16.1. The minimum Gasteiger partial charge on any atom is -0.425 e. The maximum Gasteiger partial charge on any atom is 0.573 e. The van der Waals surface area contributed by atoms with E-state index in [1.54, 1.807) is 19.2 Å². The van der Waals surface area contributed by atoms with E-state index in [2.05, 4.69) is 39.3 Å². The fourth-order valence-corrected chi connectivity index (χ4v) is 7.53. The van der Waals surface area contributed by atoms with Crippen LogP contribution >= 0.6 is 11.6 Å². The van der Waals surface area contributed by atoms with Gasteiger partial charge in [0.15, 0.2) is 33.8 Å². The number of aryl methyl sites for hydroxylation is 2. The second kappa shape index (κ2) is 22.8. The maximum absolute atomic E-state index is 13.5. The number of hydrogen-bond donors (Lipinski definition) is 1. The van der Waals surface area contributed by atoms with Gasteiger partial charge in [-0.2, -0.15) is 9.97 Å². The van der Waals surface area contributed by atoms with Crippen LogP contribution in [-0.4, -0.2) is 60.8 Å². The standard InChI is InChI=1S/C24H18F3N5O5.C21H17F3N4O4.C4H4ClNO/c1-30-20-19(21(33)32(23(30)34)14-18-10-11-28-37-18)31(13-15-6-3-2-4-7-15)22(29-20)35-16-8-5-9-17(12-16)36-24(25,26)27;1-2-27-17-16(18(29)26-19(27)30)28(12-13-7-4-3-5-8-13)20(25-17)31-14-9-6-10-15(11-14)32-21(22,23)24;5-3-4-1-2-6-7-4/h2-12H,13-14H2,1H3;3-11H,2,12H2,1H3,(H,26,29,30);1-2H,3H2. The molecule has 0 atom stereocenters. The number of halogens is 7. The van der Waals surface area contributed by atoms with Crippen molar-refractivity contribution in [2.24, 2.45) is 7.05 Å². The largest absolute Gasteiger partial charge is 0.573 e. The van der Waals surface area contributed by atoms with Crippen molar-refractivity contribution >= 4 is 33.9 Å². The first-order valence-corrected chi connectivity index (χ1v) is 22.8. The smallest absolute Gasteiger partial charge is 0.425 e. The highest BCUT2D eigenvalue weighted by molar-refractivity contribution is 6.16. The molecule has 0 aliphatic heterocycles. The number of aromatic nitrogens is 10. The van der Waals surface area contributed by atoms with E-state index in [1.807, 2.05) is 60.7 Å². The Hall–Kier alpha value is -9.33. The summed E-state index contributed by atoms with van der Waals surface area (Å²) in [5.74, 6) is 0.449. The summed E-state index contributed by atoms with van der Waals surface area (Å²) in [5, 5.41) is 7.03. The first kappa shape index (κ1) is 53.0. The Morgan fingerprint density at radius 3 is 1.53 bits per heavy atom. The van der Waals surface area contributed by atoms with Crippen LogP contribution in [0.4, 0.5) is 26.3 Å². The summed E-state index contributed by atoms with van der Waals surface area (Å²) in [4.78, 5) is 62.3. The zero-order valence-electron chi connectivity index (χ0n) is 39.5. The molecule has 0 bridgehead atoms. The molecule has 0 aliphatic rings. The SMILES string of the molecule is CCn1c(=O)[nH]c(=O)c2c1nc(Oc1cccc(OC(F)(F)F)c1)n2Cc1ccccc1.ClCc1ccno1.Cn1c(=O)n(Cc2ccno2)c(=O)c2c1nc(Oc1cccc(OC(F)(F)F)c1)n2Cc1ccccc1. The van der Waals surface area contributed by atoms with Gasteiger partial charge in [-0.1, -0.05) is 83.1 Å². The molecule has 394 valence electrons. The minimum absolute atomic E-state index is 0.0122. The van der Waals surface area contributed by atoms with Crippen LogP contribution in [0.25, 0.3) is 22.3 Å². The average Bonchev–Trinajstić information content (AvgIpc) is 4.22. The van der Waals surface area contributed by atoms with E-state index in [0.29, 0.717) is 17.4 Å². The molecule has 1 N–H and O–H groups in total. The maximum atomic E-state index is 13.5. The van der Waals surface area contributed by atoms with Crippen molar-refractivity contribution in [1.82, 2.24) is 48.1 Å². The first-order chi connectivity index (χ1) is 36.4. The number of nitrogens with one attached hydrogen (secondary N) is 1. The molecule has 0 aliphatic carbocycles. The molecular formula is C49H39ClF6N10O10. The van der Waals surface area contributed by atoms with E-state index < -0.39 is 46.7 Å². The normalized spacial score (nSPS) is 11.4. The van der Waals surface area contributed by atoms with Gasteiger partial charge in [0.1, 0.15) is 23.0 Å². The van der Waals surface area contributed by atoms with Gasteiger partial charge in [-0.3, -0.25) is 37.4 Å². The molecule has 0 radical (unpaired) electrons. The van der Waals surface area contributed by atoms with E-state index in [4.69, 9.17) is 25.6 Å². The summed E-state index contributed by atoms with van der Waals surface area (Å²) >= 11 is 5.33. The van der Waals surface area contributed by atoms with Crippen LogP contribution in [0, 0.1) is 0 Å². The van der Waals surface area contributed by atoms with Crippen molar-refractivity contribution in [3.05, 3.63) is 198 Å². The lowest BCUT2D eigenvalue weighted by atomic mass is 10.2. The molecule has 4 aromatic carbocycles. The summed E-state index contributed by atoms with van der Waals surface area (Å²) in [6, 6.07) is 31.2. The van der Waals surface area contributed by atoms with Crippen LogP contribution in [-0.2, 0) is 39.1 Å². The molecule has 27 heteroatoms. The van der Waals surface area contributed by atoms with E-state index in [-0.39, 0.29) is 72.0 Å². The number of H-pyrrole nitrogens is 1. The Morgan fingerprint density at radius 2 is 1.07 bits per heavy atom. The van der Waals surface area contributed by atoms with Crippen molar-refractivity contribution in [3.63, 3.8) is 0 Å². The Balaban J connectivity index is 0.000000180. The molecule has 6 aromatic heterocycles. The fourth-order valence-electron chi connectivity index (χ4n) is 7.39. The van der Waals surface area contributed by atoms with Crippen LogP contribution in [0.2, 0.25) is 0 Å². The van der Waals surface area contributed by atoms with Crippen LogP contribution in [0.15, 0.2) is 162 Å². The van der Waals surface area contributed by atoms with E-state index in [1.165, 1.54) is 61.8 Å². The van der Waals surface area contributed by atoms with Gasteiger partial charge in [0.2, 0.25) is 0 Å². The van der Waals surface area contributed by atoms with Crippen LogP contribution < -0.4 is 41.4 Å². The molecule has 10 rings (SSSR count). The summed E-state index contributed by atoms with van der Waals surface area (Å²) in [5.41, 5.74) is -0.658. The number of alkyl halides is 7. The lowest BCUT2D eigenvalue weighted by molar-refractivity contribution is -0.275. The summed E-state index contributed by atoms with van der Waals surface area (Å²) in [7, 11) is 1.45. The van der Waals surface area contributed by atoms with E-state index in [9.17, 15) is 45.5 Å². The Bertz CT molecular complexity index is 3820. The molecule has 0 spiro atoms. The zero-order valence-corrected chi connectivity index (χ0v) is 40.2. The van der Waals surface area contributed by atoms with Gasteiger partial charge < -0.3 is 28.0 Å². The molecule has 0 saturated carbocycles. The number of benzene rings is 4. The number of fused-ring (bicyclic) bond motifs is 2. The third kappa shape index (κ3) is 12.9. The quantitative estimate of drug-likeness (QED) is 0.0795. The molecule has 6 heterocycles. The fraction of sp³-hybridized carbons (Fsp3) is 0.184. The lowest BCUT2D eigenvalue weighted by Crippen LogP contribution is -2.39. The monoisotopic (exact) mass is 1080 g/mol. The van der Waals surface area contributed by atoms with Crippen molar-refractivity contribution in [3.8, 4) is 35.0 Å². The average molecular weight is 1080 g/mol. The first-order valence-electron chi connectivity index (χ1n) is 22.3. The molecule has 10 aromatic rings. The third-order valence-corrected chi connectivity index (χ3v) is 10.9. The molecule has 76 heavy (non-hydrogen) atoms. The lowest BCUT2D eigenvalue weighted by Gasteiger charge is -2.12. The van der Waals surface area contributed by atoms with E-state index >= 15 is 0 Å². The van der Waals surface area contributed by atoms with Gasteiger partial charge >= 0.3 is 36.1 Å². The number of ether oxygens (including phenoxy) is 4. The van der Waals surface area contributed by atoms with Crippen LogP contribution in [0.5, 0.6) is 35.0 Å². The van der Waals surface area contributed by atoms with Gasteiger partial charge in [-0.25, -0.2) is 9.59 Å². The second-order valence-electron chi connectivity index (χ2n) is 15.9. The molecule has 20 nitrogen and oxygen atoms in total. The number of aromatic amines is 1. The van der Waals surface area contributed by atoms with E-state index in [0.717, 1.165) is 40.0 Å². The number of nitrogens with zero attached hydrogens (tertiary/aromatic N) is 9. The Morgan fingerprint density at radius 1 is 0.579 bits per heavy atom. The predicted octanol–water partition coefficient (Wildman–Crippen LogP) is 8.73. The van der Waals surface area contributed by atoms with Crippen molar-refractivity contribution in [2.75, 3.05) is 0 Å². The van der Waals surface area contributed by atoms with Gasteiger partial charge in [0.25, 0.3) is 11.1 Å². The van der Waals surface area contributed by atoms with Gasteiger partial charge in [0, 0.05) is 37.9 Å². The Labute approximate surface area is 427 Å². The highest BCUT2D eigenvalue weighted by Gasteiger charge is 2.32. The molecule has 0 unspecified atom stereocenters. The summed E-state index contributed by atoms with van der Waals surface area (Å²) in [6.07, 6.45) is -6.78. The van der Waals surface area contributed by atoms with Gasteiger partial charge in [-0.15, -0.1) is 37.9 Å². The zero-order chi connectivity index (χ0) is 54.1. The molecular weight excluding hydrogens is 1040 g/mol. The third-order valence-electron chi connectivity index (χ3n) is 10.7. The van der Waals surface area contributed by atoms with Crippen molar-refractivity contribution < 1.29 is 54.3 Å². The molecule has 0 amide bonds. The summed E-state index contributed by atoms with van der Waals surface area (Å²) in [6.45, 7) is 2.10. The number of imidazole rings is 2. The van der Waals surface area contributed by atoms with Gasteiger partial charge in [0.05, 0.1) is 37.9 Å². The Kier molecular flexibility index (Phi) is 15.9. The van der Waals surface area contributed by atoms with Crippen molar-refractivity contribution in [1.29, 1.82) is 0 Å². The molecule has 0 saturated heterocycles.